The number of rotatable bonds is 8. The van der Waals surface area contributed by atoms with Crippen LogP contribution in [0.4, 0.5) is 0 Å². The Hall–Kier alpha value is -2.18. The number of hydrogen-bond acceptors (Lipinski definition) is 4. The Morgan fingerprint density at radius 2 is 2.00 bits per heavy atom. The van der Waals surface area contributed by atoms with Crippen LogP contribution in [0.15, 0.2) is 36.5 Å². The number of ether oxygens (including phenoxy) is 1. The standard InChI is InChI=1S/C24H34N4O2/c1-27-17-21(24(26-27)20-6-3-2-4-7-20)18-28-13-11-19(12-14-28)9-10-23(29)25-16-22-8-5-15-30-22/h2-4,6-7,17,19,22H,5,8-16,18H2,1H3,(H,25,29). The predicted octanol–water partition coefficient (Wildman–Crippen LogP) is 3.37. The molecule has 162 valence electrons. The molecule has 2 aliphatic rings. The molecule has 2 fully saturated rings. The molecule has 2 saturated heterocycles. The first kappa shape index (κ1) is 21.1. The molecule has 0 aliphatic carbocycles. The average molecular weight is 411 g/mol. The number of aryl methyl sites for hydroxylation is 1. The summed E-state index contributed by atoms with van der Waals surface area (Å²) >= 11 is 0. The van der Waals surface area contributed by atoms with Gasteiger partial charge in [0, 0.05) is 50.5 Å². The minimum absolute atomic E-state index is 0.177. The van der Waals surface area contributed by atoms with Crippen molar-refractivity contribution in [2.45, 2.75) is 51.2 Å². The Bertz CT molecular complexity index is 806. The molecule has 4 rings (SSSR count). The van der Waals surface area contributed by atoms with Crippen molar-refractivity contribution in [3.05, 3.63) is 42.1 Å². The molecule has 1 atom stereocenters. The minimum Gasteiger partial charge on any atom is -0.376 e. The summed E-state index contributed by atoms with van der Waals surface area (Å²) in [7, 11) is 1.99. The fourth-order valence-electron chi connectivity index (χ4n) is 4.62. The lowest BCUT2D eigenvalue weighted by molar-refractivity contribution is -0.122. The topological polar surface area (TPSA) is 59.4 Å². The smallest absolute Gasteiger partial charge is 0.220 e. The number of benzene rings is 1. The second kappa shape index (κ2) is 10.2. The number of carbonyl (C=O) groups excluding carboxylic acids is 1. The largest absolute Gasteiger partial charge is 0.376 e. The third-order valence-electron chi connectivity index (χ3n) is 6.38. The maximum atomic E-state index is 12.1. The summed E-state index contributed by atoms with van der Waals surface area (Å²) < 4.78 is 7.49. The fourth-order valence-corrected chi connectivity index (χ4v) is 4.62. The first-order valence-corrected chi connectivity index (χ1v) is 11.4. The average Bonchev–Trinajstić information content (AvgIpc) is 3.42. The monoisotopic (exact) mass is 410 g/mol. The summed E-state index contributed by atoms with van der Waals surface area (Å²) in [5, 5.41) is 7.74. The lowest BCUT2D eigenvalue weighted by Gasteiger charge is -2.31. The molecule has 0 radical (unpaired) electrons. The molecule has 6 heteroatoms. The van der Waals surface area contributed by atoms with Crippen molar-refractivity contribution in [1.82, 2.24) is 20.0 Å². The van der Waals surface area contributed by atoms with E-state index in [4.69, 9.17) is 9.84 Å². The Morgan fingerprint density at radius 3 is 2.73 bits per heavy atom. The van der Waals surface area contributed by atoms with Gasteiger partial charge in [0.25, 0.3) is 0 Å². The first-order valence-electron chi connectivity index (χ1n) is 11.4. The van der Waals surface area contributed by atoms with Gasteiger partial charge in [0.1, 0.15) is 0 Å². The van der Waals surface area contributed by atoms with Crippen LogP contribution in [0, 0.1) is 5.92 Å². The maximum absolute atomic E-state index is 12.1. The van der Waals surface area contributed by atoms with Crippen molar-refractivity contribution in [2.24, 2.45) is 13.0 Å². The number of carbonyl (C=O) groups is 1. The summed E-state index contributed by atoms with van der Waals surface area (Å²) in [4.78, 5) is 14.7. The second-order valence-electron chi connectivity index (χ2n) is 8.74. The van der Waals surface area contributed by atoms with E-state index < -0.39 is 0 Å². The molecule has 2 aliphatic heterocycles. The van der Waals surface area contributed by atoms with Gasteiger partial charge in [-0.2, -0.15) is 5.10 Å². The number of nitrogens with zero attached hydrogens (tertiary/aromatic N) is 3. The molecule has 0 bridgehead atoms. The third kappa shape index (κ3) is 5.70. The van der Waals surface area contributed by atoms with E-state index in [1.54, 1.807) is 0 Å². The molecule has 1 aromatic heterocycles. The van der Waals surface area contributed by atoms with Crippen LogP contribution in [0.5, 0.6) is 0 Å². The first-order chi connectivity index (χ1) is 14.7. The summed E-state index contributed by atoms with van der Waals surface area (Å²) in [6, 6.07) is 10.4. The van der Waals surface area contributed by atoms with Gasteiger partial charge in [0.15, 0.2) is 0 Å². The van der Waals surface area contributed by atoms with Gasteiger partial charge in [-0.1, -0.05) is 30.3 Å². The molecule has 0 spiro atoms. The zero-order chi connectivity index (χ0) is 20.8. The van der Waals surface area contributed by atoms with Crippen LogP contribution in [0.1, 0.15) is 44.1 Å². The van der Waals surface area contributed by atoms with Gasteiger partial charge in [-0.15, -0.1) is 0 Å². The zero-order valence-electron chi connectivity index (χ0n) is 18.1. The molecule has 1 unspecified atom stereocenters. The zero-order valence-corrected chi connectivity index (χ0v) is 18.1. The van der Waals surface area contributed by atoms with E-state index in [0.29, 0.717) is 18.9 Å². The van der Waals surface area contributed by atoms with Crippen LogP contribution >= 0.6 is 0 Å². The van der Waals surface area contributed by atoms with E-state index in [1.165, 1.54) is 24.0 Å². The van der Waals surface area contributed by atoms with Gasteiger partial charge in [0.2, 0.25) is 5.91 Å². The SMILES string of the molecule is Cn1cc(CN2CCC(CCC(=O)NCC3CCCO3)CC2)c(-c2ccccc2)n1. The van der Waals surface area contributed by atoms with Gasteiger partial charge in [-0.25, -0.2) is 0 Å². The summed E-state index contributed by atoms with van der Waals surface area (Å²) in [6.07, 6.45) is 8.52. The van der Waals surface area contributed by atoms with Crippen LogP contribution in [0.25, 0.3) is 11.3 Å². The molecule has 2 aromatic rings. The molecule has 3 heterocycles. The fraction of sp³-hybridized carbons (Fsp3) is 0.583. The molecular formula is C24H34N4O2. The Morgan fingerprint density at radius 1 is 1.20 bits per heavy atom. The molecule has 1 N–H and O–H groups in total. The number of aromatic nitrogens is 2. The molecule has 6 nitrogen and oxygen atoms in total. The number of amides is 1. The summed E-state index contributed by atoms with van der Waals surface area (Å²) in [5.41, 5.74) is 3.55. The molecule has 30 heavy (non-hydrogen) atoms. The van der Waals surface area contributed by atoms with Crippen LogP contribution in [-0.2, 0) is 23.1 Å². The van der Waals surface area contributed by atoms with Gasteiger partial charge >= 0.3 is 0 Å². The van der Waals surface area contributed by atoms with Crippen LogP contribution in [0.3, 0.4) is 0 Å². The van der Waals surface area contributed by atoms with E-state index >= 15 is 0 Å². The predicted molar refractivity (Wildman–Crippen MR) is 118 cm³/mol. The van der Waals surface area contributed by atoms with Crippen molar-refractivity contribution in [3.63, 3.8) is 0 Å². The molecule has 1 aromatic carbocycles. The van der Waals surface area contributed by atoms with Crippen molar-refractivity contribution in [1.29, 1.82) is 0 Å². The van der Waals surface area contributed by atoms with Crippen LogP contribution in [-0.4, -0.2) is 52.9 Å². The van der Waals surface area contributed by atoms with Crippen molar-refractivity contribution < 1.29 is 9.53 Å². The van der Waals surface area contributed by atoms with E-state index in [9.17, 15) is 4.79 Å². The summed E-state index contributed by atoms with van der Waals surface area (Å²) in [5.74, 6) is 0.827. The van der Waals surface area contributed by atoms with Crippen LogP contribution in [0.2, 0.25) is 0 Å². The number of piperidine rings is 1. The van der Waals surface area contributed by atoms with E-state index in [2.05, 4.69) is 40.7 Å². The number of likely N-dealkylation sites (tertiary alicyclic amines) is 1. The quantitative estimate of drug-likeness (QED) is 0.725. The lowest BCUT2D eigenvalue weighted by atomic mass is 9.91. The van der Waals surface area contributed by atoms with Crippen molar-refractivity contribution in [2.75, 3.05) is 26.2 Å². The normalized spacial score (nSPS) is 20.5. The lowest BCUT2D eigenvalue weighted by Crippen LogP contribution is -2.34. The van der Waals surface area contributed by atoms with Gasteiger partial charge in [0.05, 0.1) is 11.8 Å². The van der Waals surface area contributed by atoms with Gasteiger partial charge in [-0.05, 0) is 51.1 Å². The summed E-state index contributed by atoms with van der Waals surface area (Å²) in [6.45, 7) is 4.63. The Labute approximate surface area is 179 Å². The molecular weight excluding hydrogens is 376 g/mol. The highest BCUT2D eigenvalue weighted by Gasteiger charge is 2.22. The molecule has 1 amide bonds. The highest BCUT2D eigenvalue weighted by molar-refractivity contribution is 5.75. The van der Waals surface area contributed by atoms with E-state index in [0.717, 1.165) is 51.2 Å². The molecule has 0 saturated carbocycles. The van der Waals surface area contributed by atoms with E-state index in [-0.39, 0.29) is 12.0 Å². The van der Waals surface area contributed by atoms with Crippen molar-refractivity contribution in [3.8, 4) is 11.3 Å². The third-order valence-corrected chi connectivity index (χ3v) is 6.38. The Balaban J connectivity index is 1.20. The van der Waals surface area contributed by atoms with Crippen molar-refractivity contribution >= 4 is 5.91 Å². The maximum Gasteiger partial charge on any atom is 0.220 e. The van der Waals surface area contributed by atoms with Gasteiger partial charge < -0.3 is 10.1 Å². The number of hydrogen-bond donors (Lipinski definition) is 1. The minimum atomic E-state index is 0.177. The second-order valence-corrected chi connectivity index (χ2v) is 8.74. The number of nitrogens with one attached hydrogen (secondary N) is 1. The highest BCUT2D eigenvalue weighted by atomic mass is 16.5. The van der Waals surface area contributed by atoms with E-state index in [1.807, 2.05) is 17.8 Å². The van der Waals surface area contributed by atoms with Gasteiger partial charge in [-0.3, -0.25) is 14.4 Å². The Kier molecular flexibility index (Phi) is 7.18. The highest BCUT2D eigenvalue weighted by Crippen LogP contribution is 2.26. The van der Waals surface area contributed by atoms with Crippen LogP contribution < -0.4 is 5.32 Å².